The van der Waals surface area contributed by atoms with E-state index >= 15 is 0 Å². The number of ether oxygens (including phenoxy) is 1. The maximum absolute atomic E-state index is 13.2. The highest BCUT2D eigenvalue weighted by Gasteiger charge is 2.22. The lowest BCUT2D eigenvalue weighted by molar-refractivity contribution is -0.114. The van der Waals surface area contributed by atoms with Gasteiger partial charge in [-0.1, -0.05) is 12.1 Å². The lowest BCUT2D eigenvalue weighted by atomic mass is 10.0. The summed E-state index contributed by atoms with van der Waals surface area (Å²) in [6.45, 7) is 4.45. The van der Waals surface area contributed by atoms with Crippen molar-refractivity contribution in [3.05, 3.63) is 65.0 Å². The summed E-state index contributed by atoms with van der Waals surface area (Å²) < 4.78 is 5.52. The number of ketones is 1. The zero-order valence-electron chi connectivity index (χ0n) is 17.5. The van der Waals surface area contributed by atoms with Crippen LogP contribution < -0.4 is 10.2 Å². The summed E-state index contributed by atoms with van der Waals surface area (Å²) in [7, 11) is 0. The molecule has 7 heteroatoms. The van der Waals surface area contributed by atoms with Crippen molar-refractivity contribution in [2.75, 3.05) is 42.8 Å². The van der Waals surface area contributed by atoms with Crippen LogP contribution >= 0.6 is 23.1 Å². The standard InChI is InChI=1S/C24H24N2O3S2/c1-16(27)25-19-7-3-17(4-8-19)21-15-22(31-24(21)26-11-13-29-14-12-26)23(28)18-5-9-20(30-2)10-6-18/h3-10,15H,11-14H2,1-2H3,(H,25,27). The summed E-state index contributed by atoms with van der Waals surface area (Å²) in [5, 5.41) is 3.88. The molecule has 160 valence electrons. The van der Waals surface area contributed by atoms with E-state index in [-0.39, 0.29) is 11.7 Å². The number of anilines is 2. The topological polar surface area (TPSA) is 58.6 Å². The number of thiophene rings is 1. The van der Waals surface area contributed by atoms with Gasteiger partial charge in [0.2, 0.25) is 11.7 Å². The van der Waals surface area contributed by atoms with Crippen LogP contribution in [0.3, 0.4) is 0 Å². The largest absolute Gasteiger partial charge is 0.378 e. The van der Waals surface area contributed by atoms with Gasteiger partial charge in [-0.15, -0.1) is 23.1 Å². The maximum Gasteiger partial charge on any atom is 0.221 e. The van der Waals surface area contributed by atoms with Gasteiger partial charge in [0.15, 0.2) is 0 Å². The van der Waals surface area contributed by atoms with Crippen LogP contribution in [-0.2, 0) is 9.53 Å². The zero-order chi connectivity index (χ0) is 21.8. The molecule has 2 aromatic carbocycles. The highest BCUT2D eigenvalue weighted by atomic mass is 32.2. The van der Waals surface area contributed by atoms with Gasteiger partial charge in [0.05, 0.1) is 23.1 Å². The number of thioether (sulfide) groups is 1. The third-order valence-corrected chi connectivity index (χ3v) is 7.04. The molecule has 1 aromatic heterocycles. The van der Waals surface area contributed by atoms with Crippen LogP contribution in [0.5, 0.6) is 0 Å². The molecule has 1 amide bonds. The summed E-state index contributed by atoms with van der Waals surface area (Å²) in [5.41, 5.74) is 3.50. The third kappa shape index (κ3) is 5.01. The summed E-state index contributed by atoms with van der Waals surface area (Å²) >= 11 is 3.19. The van der Waals surface area contributed by atoms with Crippen molar-refractivity contribution >= 4 is 45.5 Å². The van der Waals surface area contributed by atoms with E-state index in [9.17, 15) is 9.59 Å². The molecule has 1 fully saturated rings. The van der Waals surface area contributed by atoms with Crippen LogP contribution in [0.15, 0.2) is 59.5 Å². The maximum atomic E-state index is 13.2. The van der Waals surface area contributed by atoms with E-state index in [2.05, 4.69) is 10.2 Å². The minimum atomic E-state index is -0.0994. The molecule has 0 bridgehead atoms. The van der Waals surface area contributed by atoms with Gasteiger partial charge in [0, 0.05) is 41.7 Å². The van der Waals surface area contributed by atoms with Crippen LogP contribution in [-0.4, -0.2) is 44.2 Å². The van der Waals surface area contributed by atoms with Crippen molar-refractivity contribution in [1.82, 2.24) is 0 Å². The van der Waals surface area contributed by atoms with E-state index in [0.29, 0.717) is 18.8 Å². The first-order chi connectivity index (χ1) is 15.0. The molecule has 0 atom stereocenters. The summed E-state index contributed by atoms with van der Waals surface area (Å²) in [5.74, 6) is -0.0639. The molecule has 1 saturated heterocycles. The first-order valence-electron chi connectivity index (χ1n) is 10.1. The lowest BCUT2D eigenvalue weighted by Gasteiger charge is -2.28. The number of rotatable bonds is 6. The average molecular weight is 453 g/mol. The fraction of sp³-hybridized carbons (Fsp3) is 0.250. The molecule has 0 aliphatic carbocycles. The van der Waals surface area contributed by atoms with Crippen molar-refractivity contribution in [3.8, 4) is 11.1 Å². The first-order valence-corrected chi connectivity index (χ1v) is 12.1. The Morgan fingerprint density at radius 3 is 2.32 bits per heavy atom. The number of nitrogens with one attached hydrogen (secondary N) is 1. The summed E-state index contributed by atoms with van der Waals surface area (Å²) in [6.07, 6.45) is 2.02. The third-order valence-electron chi connectivity index (χ3n) is 5.10. The smallest absolute Gasteiger partial charge is 0.221 e. The Balaban J connectivity index is 1.69. The van der Waals surface area contributed by atoms with Crippen LogP contribution in [0.2, 0.25) is 0 Å². The number of hydrogen-bond donors (Lipinski definition) is 1. The van der Waals surface area contributed by atoms with Gasteiger partial charge in [-0.3, -0.25) is 9.59 Å². The van der Waals surface area contributed by atoms with Crippen LogP contribution in [0.1, 0.15) is 22.2 Å². The van der Waals surface area contributed by atoms with E-state index in [4.69, 9.17) is 4.74 Å². The Bertz CT molecular complexity index is 1070. The van der Waals surface area contributed by atoms with Gasteiger partial charge in [0.25, 0.3) is 0 Å². The summed E-state index contributed by atoms with van der Waals surface area (Å²) in [6, 6.07) is 17.5. The monoisotopic (exact) mass is 452 g/mol. The molecule has 1 aliphatic heterocycles. The van der Waals surface area contributed by atoms with Gasteiger partial charge in [-0.25, -0.2) is 0 Å². The minimum Gasteiger partial charge on any atom is -0.378 e. The molecule has 1 aliphatic rings. The molecule has 0 spiro atoms. The van der Waals surface area contributed by atoms with Gasteiger partial charge >= 0.3 is 0 Å². The molecule has 4 rings (SSSR count). The van der Waals surface area contributed by atoms with E-state index < -0.39 is 0 Å². The number of nitrogens with zero attached hydrogens (tertiary/aromatic N) is 1. The number of amides is 1. The first kappa shape index (κ1) is 21.6. The second-order valence-electron chi connectivity index (χ2n) is 7.25. The number of morpholine rings is 1. The number of carbonyl (C=O) groups is 2. The highest BCUT2D eigenvalue weighted by Crippen LogP contribution is 2.40. The zero-order valence-corrected chi connectivity index (χ0v) is 19.1. The molecule has 31 heavy (non-hydrogen) atoms. The Hall–Kier alpha value is -2.61. The lowest BCUT2D eigenvalue weighted by Crippen LogP contribution is -2.35. The molecular weight excluding hydrogens is 428 g/mol. The molecule has 0 unspecified atom stereocenters. The van der Waals surface area contributed by atoms with Crippen LogP contribution in [0.4, 0.5) is 10.7 Å². The molecular formula is C24H24N2O3S2. The molecule has 0 radical (unpaired) electrons. The van der Waals surface area contributed by atoms with Gasteiger partial charge in [-0.2, -0.15) is 0 Å². The van der Waals surface area contributed by atoms with Crippen LogP contribution in [0.25, 0.3) is 11.1 Å². The van der Waals surface area contributed by atoms with E-state index in [1.165, 1.54) is 18.3 Å². The minimum absolute atomic E-state index is 0.0354. The molecule has 0 saturated carbocycles. The second-order valence-corrected chi connectivity index (χ2v) is 9.16. The van der Waals surface area contributed by atoms with Gasteiger partial charge in [-0.05, 0) is 54.3 Å². The molecule has 5 nitrogen and oxygen atoms in total. The summed E-state index contributed by atoms with van der Waals surface area (Å²) in [4.78, 5) is 28.7. The fourth-order valence-electron chi connectivity index (χ4n) is 3.52. The molecule has 2 heterocycles. The molecule has 3 aromatic rings. The van der Waals surface area contributed by atoms with Crippen molar-refractivity contribution in [3.63, 3.8) is 0 Å². The second kappa shape index (κ2) is 9.68. The van der Waals surface area contributed by atoms with Crippen molar-refractivity contribution < 1.29 is 14.3 Å². The van der Waals surface area contributed by atoms with Crippen molar-refractivity contribution in [1.29, 1.82) is 0 Å². The van der Waals surface area contributed by atoms with E-state index in [0.717, 1.165) is 44.7 Å². The van der Waals surface area contributed by atoms with Crippen LogP contribution in [0, 0.1) is 0 Å². The number of benzene rings is 2. The highest BCUT2D eigenvalue weighted by molar-refractivity contribution is 7.98. The number of carbonyl (C=O) groups excluding carboxylic acids is 2. The van der Waals surface area contributed by atoms with E-state index in [1.54, 1.807) is 11.8 Å². The normalized spacial score (nSPS) is 13.8. The van der Waals surface area contributed by atoms with Crippen molar-refractivity contribution in [2.45, 2.75) is 11.8 Å². The number of hydrogen-bond acceptors (Lipinski definition) is 6. The SMILES string of the molecule is CSc1ccc(C(=O)c2cc(-c3ccc(NC(C)=O)cc3)c(N3CCOCC3)s2)cc1. The quantitative estimate of drug-likeness (QED) is 0.413. The fourth-order valence-corrected chi connectivity index (χ4v) is 5.12. The van der Waals surface area contributed by atoms with Gasteiger partial charge < -0.3 is 15.0 Å². The Morgan fingerprint density at radius 1 is 1.03 bits per heavy atom. The molecule has 1 N–H and O–H groups in total. The van der Waals surface area contributed by atoms with Crippen molar-refractivity contribution in [2.24, 2.45) is 0 Å². The predicted octanol–water partition coefficient (Wildman–Crippen LogP) is 5.16. The predicted molar refractivity (Wildman–Crippen MR) is 129 cm³/mol. The Labute approximate surface area is 190 Å². The van der Waals surface area contributed by atoms with E-state index in [1.807, 2.05) is 60.9 Å². The Kier molecular flexibility index (Phi) is 6.75. The van der Waals surface area contributed by atoms with Gasteiger partial charge in [0.1, 0.15) is 0 Å². The Morgan fingerprint density at radius 2 is 1.71 bits per heavy atom. The average Bonchev–Trinajstić information content (AvgIpc) is 3.25.